The Morgan fingerprint density at radius 1 is 0.929 bits per heavy atom. The Bertz CT molecular complexity index is 1330. The molecule has 4 aromatic heterocycles. The Morgan fingerprint density at radius 2 is 1.68 bits per heavy atom. The molecule has 5 rings (SSSR count). The van der Waals surface area contributed by atoms with Gasteiger partial charge in [0.2, 0.25) is 21.6 Å². The molecule has 5 heterocycles. The smallest absolute Gasteiger partial charge is 0.373 e. The van der Waals surface area contributed by atoms with Crippen LogP contribution >= 0.6 is 34.0 Å². The number of rotatable bonds is 3. The number of carbonyl (C=O) groups is 1. The Kier molecular flexibility index (Phi) is 3.72. The standard InChI is InChI=1S/C17H9NO6S4/c19-13-3-4-14(20)18(13)24-17(21)9-2-1-8(26-9)10-7-12-16(27-10)15-11(5-6-25-15)28(12,22)23/h1-7,19-20H. The van der Waals surface area contributed by atoms with Crippen molar-refractivity contribution in [3.8, 4) is 31.3 Å². The zero-order valence-corrected chi connectivity index (χ0v) is 16.9. The summed E-state index contributed by atoms with van der Waals surface area (Å²) in [5.74, 6) is -1.57. The highest BCUT2D eigenvalue weighted by Crippen LogP contribution is 2.52. The van der Waals surface area contributed by atoms with Crippen LogP contribution in [0.5, 0.6) is 11.8 Å². The highest BCUT2D eigenvalue weighted by molar-refractivity contribution is 7.92. The first kappa shape index (κ1) is 17.5. The lowest BCUT2D eigenvalue weighted by molar-refractivity contribution is 0.0387. The highest BCUT2D eigenvalue weighted by atomic mass is 32.2. The first-order chi connectivity index (χ1) is 13.4. The molecule has 0 fully saturated rings. The second kappa shape index (κ2) is 5.95. The van der Waals surface area contributed by atoms with Crippen molar-refractivity contribution in [3.05, 3.63) is 46.7 Å². The van der Waals surface area contributed by atoms with Crippen LogP contribution in [-0.2, 0) is 9.84 Å². The molecule has 0 atom stereocenters. The van der Waals surface area contributed by atoms with E-state index in [0.717, 1.165) is 30.8 Å². The minimum atomic E-state index is -3.49. The Hall–Kier alpha value is -2.60. The van der Waals surface area contributed by atoms with Crippen molar-refractivity contribution in [2.75, 3.05) is 0 Å². The van der Waals surface area contributed by atoms with E-state index in [-0.39, 0.29) is 4.88 Å². The second-order valence-corrected chi connectivity index (χ2v) is 10.7. The van der Waals surface area contributed by atoms with Gasteiger partial charge in [-0.3, -0.25) is 0 Å². The van der Waals surface area contributed by atoms with E-state index >= 15 is 0 Å². The average molecular weight is 452 g/mol. The number of aromatic nitrogens is 1. The summed E-state index contributed by atoms with van der Waals surface area (Å²) < 4.78 is 25.9. The van der Waals surface area contributed by atoms with Gasteiger partial charge in [0, 0.05) is 21.9 Å². The fourth-order valence-corrected chi connectivity index (χ4v) is 8.49. The number of aromatic hydroxyl groups is 2. The van der Waals surface area contributed by atoms with E-state index in [4.69, 9.17) is 4.84 Å². The van der Waals surface area contributed by atoms with Gasteiger partial charge in [0.05, 0.1) is 19.5 Å². The third-order valence-electron chi connectivity index (χ3n) is 4.13. The Morgan fingerprint density at radius 3 is 2.43 bits per heavy atom. The van der Waals surface area contributed by atoms with Crippen LogP contribution in [-0.4, -0.2) is 29.3 Å². The van der Waals surface area contributed by atoms with Gasteiger partial charge in [0.1, 0.15) is 4.88 Å². The number of fused-ring (bicyclic) bond motifs is 3. The van der Waals surface area contributed by atoms with Crippen LogP contribution in [0.1, 0.15) is 9.67 Å². The van der Waals surface area contributed by atoms with E-state index in [0.29, 0.717) is 14.5 Å². The molecule has 0 unspecified atom stereocenters. The molecule has 0 aromatic carbocycles. The van der Waals surface area contributed by atoms with Gasteiger partial charge in [-0.15, -0.1) is 38.7 Å². The van der Waals surface area contributed by atoms with Crippen LogP contribution in [0.25, 0.3) is 19.5 Å². The third-order valence-corrected chi connectivity index (χ3v) is 9.69. The number of sulfone groups is 1. The first-order valence-electron chi connectivity index (χ1n) is 7.75. The van der Waals surface area contributed by atoms with Gasteiger partial charge in [-0.1, -0.05) is 0 Å². The maximum atomic E-state index is 12.6. The predicted molar refractivity (Wildman–Crippen MR) is 105 cm³/mol. The van der Waals surface area contributed by atoms with Crippen molar-refractivity contribution < 1.29 is 28.3 Å². The molecule has 1 aliphatic heterocycles. The summed E-state index contributed by atoms with van der Waals surface area (Å²) >= 11 is 3.89. The SMILES string of the molecule is O=C(On1c(O)ccc1O)c1ccc(-c2cc3c(s2)-c2sccc2S3(=O)=O)s1. The van der Waals surface area contributed by atoms with E-state index in [2.05, 4.69) is 0 Å². The minimum Gasteiger partial charge on any atom is -0.492 e. The fraction of sp³-hybridized carbons (Fsp3) is 0. The van der Waals surface area contributed by atoms with Gasteiger partial charge >= 0.3 is 5.97 Å². The molecule has 4 aromatic rings. The lowest BCUT2D eigenvalue weighted by Crippen LogP contribution is -2.17. The molecule has 1 aliphatic rings. The Balaban J connectivity index is 1.47. The molecule has 0 aliphatic carbocycles. The van der Waals surface area contributed by atoms with Gasteiger partial charge in [-0.05, 0) is 29.6 Å². The van der Waals surface area contributed by atoms with Gasteiger partial charge < -0.3 is 15.1 Å². The van der Waals surface area contributed by atoms with Crippen LogP contribution in [0.4, 0.5) is 0 Å². The van der Waals surface area contributed by atoms with Crippen molar-refractivity contribution in [2.24, 2.45) is 0 Å². The molecule has 0 radical (unpaired) electrons. The van der Waals surface area contributed by atoms with Gasteiger partial charge in [-0.25, -0.2) is 13.2 Å². The molecule has 0 bridgehead atoms. The third kappa shape index (κ3) is 2.44. The van der Waals surface area contributed by atoms with Crippen molar-refractivity contribution in [2.45, 2.75) is 9.79 Å². The lowest BCUT2D eigenvalue weighted by Gasteiger charge is -2.05. The maximum absolute atomic E-state index is 12.6. The molecule has 0 amide bonds. The van der Waals surface area contributed by atoms with Gasteiger partial charge in [0.25, 0.3) is 0 Å². The minimum absolute atomic E-state index is 0.246. The number of carbonyl (C=O) groups excluding carboxylic acids is 1. The van der Waals surface area contributed by atoms with Crippen LogP contribution < -0.4 is 4.84 Å². The van der Waals surface area contributed by atoms with E-state index in [1.165, 1.54) is 34.8 Å². The zero-order valence-electron chi connectivity index (χ0n) is 13.6. The number of nitrogens with zero attached hydrogens (tertiary/aromatic N) is 1. The van der Waals surface area contributed by atoms with Gasteiger partial charge in [0.15, 0.2) is 0 Å². The predicted octanol–water partition coefficient (Wildman–Crippen LogP) is 3.83. The monoisotopic (exact) mass is 451 g/mol. The quantitative estimate of drug-likeness (QED) is 0.432. The van der Waals surface area contributed by atoms with Crippen LogP contribution in [0, 0.1) is 0 Å². The molecule has 11 heteroatoms. The van der Waals surface area contributed by atoms with Gasteiger partial charge in [-0.2, -0.15) is 0 Å². The average Bonchev–Trinajstić information content (AvgIpc) is 3.42. The van der Waals surface area contributed by atoms with E-state index in [9.17, 15) is 23.4 Å². The first-order valence-corrected chi connectivity index (χ1v) is 11.7. The zero-order chi connectivity index (χ0) is 19.6. The largest absolute Gasteiger partial charge is 0.492 e. The summed E-state index contributed by atoms with van der Waals surface area (Å²) in [6.07, 6.45) is 0. The summed E-state index contributed by atoms with van der Waals surface area (Å²) in [6.45, 7) is 0. The summed E-state index contributed by atoms with van der Waals surface area (Å²) in [4.78, 5) is 21.1. The number of hydrogen-bond acceptors (Lipinski definition) is 9. The molecule has 7 nitrogen and oxygen atoms in total. The second-order valence-electron chi connectivity index (χ2n) is 5.81. The summed E-state index contributed by atoms with van der Waals surface area (Å²) in [5.41, 5.74) is 0. The van der Waals surface area contributed by atoms with Crippen molar-refractivity contribution in [1.82, 2.24) is 4.73 Å². The van der Waals surface area contributed by atoms with E-state index in [1.807, 2.05) is 0 Å². The molecular weight excluding hydrogens is 442 g/mol. The van der Waals surface area contributed by atoms with Crippen molar-refractivity contribution in [1.29, 1.82) is 0 Å². The normalized spacial score (nSPS) is 14.0. The van der Waals surface area contributed by atoms with E-state index in [1.54, 1.807) is 29.6 Å². The van der Waals surface area contributed by atoms with Crippen molar-refractivity contribution >= 4 is 49.8 Å². The molecule has 0 saturated heterocycles. The molecule has 2 N–H and O–H groups in total. The van der Waals surface area contributed by atoms with Crippen LogP contribution in [0.3, 0.4) is 0 Å². The molecule has 142 valence electrons. The molecule has 28 heavy (non-hydrogen) atoms. The van der Waals surface area contributed by atoms with Crippen molar-refractivity contribution in [3.63, 3.8) is 0 Å². The maximum Gasteiger partial charge on any atom is 0.373 e. The number of hydrogen-bond donors (Lipinski definition) is 2. The lowest BCUT2D eigenvalue weighted by atomic mass is 10.3. The van der Waals surface area contributed by atoms with Crippen LogP contribution in [0.15, 0.2) is 51.6 Å². The van der Waals surface area contributed by atoms with Crippen LogP contribution in [0.2, 0.25) is 0 Å². The highest BCUT2D eigenvalue weighted by Gasteiger charge is 2.36. The summed E-state index contributed by atoms with van der Waals surface area (Å²) in [5, 5.41) is 20.9. The number of thiophene rings is 3. The van der Waals surface area contributed by atoms with E-state index < -0.39 is 27.6 Å². The molecular formula is C17H9NO6S4. The Labute approximate surface area is 170 Å². The summed E-state index contributed by atoms with van der Waals surface area (Å²) in [7, 11) is -3.49. The molecule has 0 spiro atoms. The summed E-state index contributed by atoms with van der Waals surface area (Å²) in [6, 6.07) is 8.89. The molecule has 0 saturated carbocycles. The topological polar surface area (TPSA) is 106 Å². The fourth-order valence-electron chi connectivity index (χ4n) is 2.85.